The van der Waals surface area contributed by atoms with Gasteiger partial charge in [-0.15, -0.1) is 0 Å². The molecule has 1 aromatic rings. The van der Waals surface area contributed by atoms with Crippen LogP contribution in [0.1, 0.15) is 0 Å². The predicted octanol–water partition coefficient (Wildman–Crippen LogP) is 1.80. The zero-order valence-electron chi connectivity index (χ0n) is 4.90. The predicted molar refractivity (Wildman–Crippen MR) is 34.1 cm³/mol. The van der Waals surface area contributed by atoms with E-state index in [0.29, 0.717) is 0 Å². The molecule has 0 spiro atoms. The lowest BCUT2D eigenvalue weighted by atomic mass is 10.5. The van der Waals surface area contributed by atoms with Crippen LogP contribution in [0.25, 0.3) is 0 Å². The Morgan fingerprint density at radius 2 is 1.67 bits per heavy atom. The number of hydrogen-bond donors (Lipinski definition) is 0. The second-order valence-electron chi connectivity index (χ2n) is 1.46. The first-order valence-corrected chi connectivity index (χ1v) is 2.68. The third-order valence-corrected chi connectivity index (χ3v) is 0.792. The van der Waals surface area contributed by atoms with Gasteiger partial charge in [-0.2, -0.15) is 0 Å². The summed E-state index contributed by atoms with van der Waals surface area (Å²) in [7, 11) is 0. The molecule has 0 aliphatic carbocycles. The molecule has 0 unspecified atom stereocenters. The molecule has 1 aromatic heterocycles. The average Bonchev–Trinajstić information content (AvgIpc) is 2.00. The van der Waals surface area contributed by atoms with Gasteiger partial charge in [0.15, 0.2) is 0 Å². The van der Waals surface area contributed by atoms with Crippen LogP contribution in [0, 0.1) is 0 Å². The van der Waals surface area contributed by atoms with Crippen LogP contribution in [-0.2, 0) is 0 Å². The quantitative estimate of drug-likeness (QED) is 0.523. The molecule has 0 N–H and O–H groups in total. The second-order valence-corrected chi connectivity index (χ2v) is 1.46. The molecular formula is C7H7NO. The first kappa shape index (κ1) is 5.82. The highest BCUT2D eigenvalue weighted by atomic mass is 16.4. The largest absolute Gasteiger partial charge is 0.365 e. The van der Waals surface area contributed by atoms with Crippen LogP contribution in [0.3, 0.4) is 0 Å². The maximum atomic E-state index is 4.64. The minimum Gasteiger partial charge on any atom is -0.365 e. The minimum atomic E-state index is 1.51. The van der Waals surface area contributed by atoms with Crippen molar-refractivity contribution >= 4 is 0 Å². The number of nitrogens with zero attached hydrogens (tertiary/aromatic N) is 1. The molecule has 2 nitrogen and oxygen atoms in total. The minimum absolute atomic E-state index is 1.51. The molecule has 2 heteroatoms. The molecular weight excluding hydrogens is 114 g/mol. The van der Waals surface area contributed by atoms with E-state index in [1.807, 2.05) is 18.2 Å². The molecule has 0 aromatic carbocycles. The summed E-state index contributed by atoms with van der Waals surface area (Å²) in [5.74, 6) is 0. The smallest absolute Gasteiger partial charge is 0.122 e. The van der Waals surface area contributed by atoms with Crippen LogP contribution >= 0.6 is 0 Å². The zero-order valence-corrected chi connectivity index (χ0v) is 4.90. The van der Waals surface area contributed by atoms with Gasteiger partial charge < -0.3 is 4.52 Å². The zero-order chi connectivity index (χ0) is 6.36. The number of hydrogen-bond acceptors (Lipinski definition) is 2. The number of aromatic nitrogens is 1. The van der Waals surface area contributed by atoms with E-state index in [4.69, 9.17) is 0 Å². The van der Waals surface area contributed by atoms with Crippen molar-refractivity contribution in [2.45, 2.75) is 0 Å². The van der Waals surface area contributed by atoms with Crippen LogP contribution in [0.5, 0.6) is 0 Å². The van der Waals surface area contributed by atoms with E-state index in [2.05, 4.69) is 9.68 Å². The van der Waals surface area contributed by atoms with E-state index in [9.17, 15) is 0 Å². The summed E-state index contributed by atoms with van der Waals surface area (Å²) < 4.78 is 4.64. The number of rotatable bonds is 0. The molecule has 1 heterocycles. The Labute approximate surface area is 53.4 Å². The monoisotopic (exact) mass is 121 g/mol. The molecule has 1 rings (SSSR count). The van der Waals surface area contributed by atoms with Crippen molar-refractivity contribution < 1.29 is 4.52 Å². The van der Waals surface area contributed by atoms with E-state index in [1.54, 1.807) is 18.3 Å². The van der Waals surface area contributed by atoms with E-state index in [0.717, 1.165) is 0 Å². The molecule has 0 bridgehead atoms. The van der Waals surface area contributed by atoms with E-state index < -0.39 is 0 Å². The molecule has 0 fully saturated rings. The highest BCUT2D eigenvalue weighted by molar-refractivity contribution is 4.89. The third-order valence-electron chi connectivity index (χ3n) is 0.792. The van der Waals surface area contributed by atoms with Crippen molar-refractivity contribution in [2.24, 2.45) is 0 Å². The molecule has 0 atom stereocenters. The van der Waals surface area contributed by atoms with Gasteiger partial charge in [-0.25, -0.2) is 0 Å². The first-order valence-electron chi connectivity index (χ1n) is 2.68. The summed E-state index contributed by atoms with van der Waals surface area (Å²) in [4.78, 5) is 0. The van der Waals surface area contributed by atoms with Crippen LogP contribution in [0.4, 0.5) is 0 Å². The van der Waals surface area contributed by atoms with Gasteiger partial charge in [-0.3, -0.25) is 0 Å². The molecule has 0 radical (unpaired) electrons. The molecule has 0 aliphatic heterocycles. The Morgan fingerprint density at radius 1 is 0.889 bits per heavy atom. The van der Waals surface area contributed by atoms with Crippen molar-refractivity contribution in [3.8, 4) is 0 Å². The molecule has 46 valence electrons. The fraction of sp³-hybridized carbons (Fsp3) is 0. The lowest BCUT2D eigenvalue weighted by Gasteiger charge is -1.63. The van der Waals surface area contributed by atoms with Gasteiger partial charge in [0.1, 0.15) is 6.26 Å². The van der Waals surface area contributed by atoms with Crippen LogP contribution in [-0.4, -0.2) is 5.16 Å². The molecule has 0 saturated carbocycles. The Bertz CT molecular complexity index is 131. The molecule has 0 aliphatic rings. The van der Waals surface area contributed by atoms with E-state index in [1.165, 1.54) is 6.26 Å². The van der Waals surface area contributed by atoms with Crippen molar-refractivity contribution in [3.05, 3.63) is 42.8 Å². The summed E-state index contributed by atoms with van der Waals surface area (Å²) >= 11 is 0. The molecule has 0 amide bonds. The lowest BCUT2D eigenvalue weighted by Crippen LogP contribution is -1.52. The average molecular weight is 121 g/mol. The first-order chi connectivity index (χ1) is 4.50. The Kier molecular flexibility index (Phi) is 2.37. The van der Waals surface area contributed by atoms with Crippen LogP contribution < -0.4 is 0 Å². The summed E-state index contributed by atoms with van der Waals surface area (Å²) in [5.41, 5.74) is 0. The van der Waals surface area contributed by atoms with Gasteiger partial charge in [0.2, 0.25) is 0 Å². The van der Waals surface area contributed by atoms with Crippen LogP contribution in [0.2, 0.25) is 0 Å². The summed E-state index contributed by atoms with van der Waals surface area (Å²) in [6.07, 6.45) is 3.10. The Balaban J connectivity index is 3.04. The van der Waals surface area contributed by atoms with Gasteiger partial charge in [0, 0.05) is 0 Å². The normalized spacial score (nSPS) is 8.00. The topological polar surface area (TPSA) is 26.0 Å². The van der Waals surface area contributed by atoms with Crippen molar-refractivity contribution in [1.82, 2.24) is 5.16 Å². The van der Waals surface area contributed by atoms with Crippen molar-refractivity contribution in [3.63, 3.8) is 0 Å². The SMILES string of the molecule is c1cccnoccc1. The fourth-order valence-corrected chi connectivity index (χ4v) is 0.428. The summed E-state index contributed by atoms with van der Waals surface area (Å²) in [6, 6.07) is 9.21. The van der Waals surface area contributed by atoms with Gasteiger partial charge >= 0.3 is 0 Å². The van der Waals surface area contributed by atoms with E-state index in [-0.39, 0.29) is 0 Å². The van der Waals surface area contributed by atoms with Crippen LogP contribution in [0.15, 0.2) is 47.3 Å². The van der Waals surface area contributed by atoms with Gasteiger partial charge in [-0.05, 0) is 12.1 Å². The standard InChI is InChI=1S/C7H7NO/c1-2-4-6-8-9-7-5-3-1/h1-7H. The maximum Gasteiger partial charge on any atom is 0.122 e. The van der Waals surface area contributed by atoms with E-state index >= 15 is 0 Å². The summed E-state index contributed by atoms with van der Waals surface area (Å²) in [5, 5.41) is 3.55. The Morgan fingerprint density at radius 3 is 2.67 bits per heavy atom. The fourth-order valence-electron chi connectivity index (χ4n) is 0.428. The highest BCUT2D eigenvalue weighted by Crippen LogP contribution is 1.76. The van der Waals surface area contributed by atoms with Crippen molar-refractivity contribution in [2.75, 3.05) is 0 Å². The molecule has 9 heavy (non-hydrogen) atoms. The van der Waals surface area contributed by atoms with Gasteiger partial charge in [-0.1, -0.05) is 23.4 Å². The highest BCUT2D eigenvalue weighted by Gasteiger charge is 1.59. The lowest BCUT2D eigenvalue weighted by molar-refractivity contribution is 0.404. The van der Waals surface area contributed by atoms with Crippen molar-refractivity contribution in [1.29, 1.82) is 0 Å². The third kappa shape index (κ3) is 2.49. The molecule has 0 saturated heterocycles. The Hall–Kier alpha value is -1.31. The second kappa shape index (κ2) is 3.66. The van der Waals surface area contributed by atoms with Gasteiger partial charge in [0.25, 0.3) is 0 Å². The van der Waals surface area contributed by atoms with Gasteiger partial charge in [0.05, 0.1) is 6.20 Å². The summed E-state index contributed by atoms with van der Waals surface area (Å²) in [6.45, 7) is 0. The maximum absolute atomic E-state index is 4.64.